The van der Waals surface area contributed by atoms with E-state index >= 15 is 0 Å². The van der Waals surface area contributed by atoms with Crippen molar-refractivity contribution in [3.63, 3.8) is 0 Å². The first-order chi connectivity index (χ1) is 18.0. The fraction of sp³-hybridized carbons (Fsp3) is 0.526. The third-order valence-electron chi connectivity index (χ3n) is 7.97. The van der Waals surface area contributed by atoms with Crippen LogP contribution in [0.4, 0.5) is 0 Å². The van der Waals surface area contributed by atoms with Crippen LogP contribution < -0.4 is 24.8 Å². The van der Waals surface area contributed by atoms with Gasteiger partial charge in [-0.3, -0.25) is 6.08 Å². The van der Waals surface area contributed by atoms with E-state index in [9.17, 15) is 0 Å². The Morgan fingerprint density at radius 1 is 0.707 bits per heavy atom. The molecule has 0 heterocycles. The van der Waals surface area contributed by atoms with Gasteiger partial charge in [-0.2, -0.15) is 11.6 Å². The zero-order chi connectivity index (χ0) is 29.2. The minimum atomic E-state index is 0. The predicted molar refractivity (Wildman–Crippen MR) is 172 cm³/mol. The molecule has 2 aliphatic rings. The van der Waals surface area contributed by atoms with Gasteiger partial charge in [-0.05, 0) is 10.8 Å². The second-order valence-corrected chi connectivity index (χ2v) is 16.5. The number of hydrogen-bond acceptors (Lipinski definition) is 0. The molecule has 224 valence electrons. The molecule has 1 unspecified atom stereocenters. The van der Waals surface area contributed by atoms with Gasteiger partial charge in [0.2, 0.25) is 0 Å². The fourth-order valence-corrected chi connectivity index (χ4v) is 6.43. The first-order valence-corrected chi connectivity index (χ1v) is 16.2. The van der Waals surface area contributed by atoms with Crippen LogP contribution in [0.25, 0.3) is 21.5 Å². The molecule has 0 amide bonds. The molecule has 0 spiro atoms. The molecule has 3 aromatic carbocycles. The molecule has 1 atom stereocenters. The Hall–Kier alpha value is -0.877. The molecule has 5 rings (SSSR count). The Labute approximate surface area is 279 Å². The van der Waals surface area contributed by atoms with E-state index in [4.69, 9.17) is 0 Å². The van der Waals surface area contributed by atoms with E-state index in [-0.39, 0.29) is 35.6 Å². The molecule has 0 bridgehead atoms. The maximum absolute atomic E-state index is 3.40. The second kappa shape index (κ2) is 15.2. The minimum absolute atomic E-state index is 0. The molecule has 0 saturated heterocycles. The van der Waals surface area contributed by atoms with E-state index in [2.05, 4.69) is 131 Å². The van der Waals surface area contributed by atoms with Gasteiger partial charge >= 0.3 is 59.5 Å². The Morgan fingerprint density at radius 3 is 1.41 bits per heavy atom. The number of rotatable bonds is 0. The molecular weight excluding hydrogens is 619 g/mol. The summed E-state index contributed by atoms with van der Waals surface area (Å²) in [5.41, 5.74) is 6.29. The normalized spacial score (nSPS) is 17.4. The van der Waals surface area contributed by atoms with Gasteiger partial charge in [-0.15, -0.1) is 39.7 Å². The topological polar surface area (TPSA) is 0 Å². The second-order valence-electron chi connectivity index (χ2n) is 14.8. The molecule has 3 heteroatoms. The summed E-state index contributed by atoms with van der Waals surface area (Å²) in [6.07, 6.45) is 13.0. The Bertz CT molecular complexity index is 1290. The molecule has 0 N–H and O–H groups in total. The summed E-state index contributed by atoms with van der Waals surface area (Å²) in [4.78, 5) is 0. The van der Waals surface area contributed by atoms with Crippen molar-refractivity contribution in [2.45, 2.75) is 119 Å². The van der Waals surface area contributed by atoms with Gasteiger partial charge in [0.15, 0.2) is 0 Å². The third kappa shape index (κ3) is 10.7. The summed E-state index contributed by atoms with van der Waals surface area (Å²) in [5.74, 6) is 0.518. The van der Waals surface area contributed by atoms with E-state index < -0.39 is 0 Å². The van der Waals surface area contributed by atoms with Crippen LogP contribution in [0.15, 0.2) is 59.7 Å². The average Bonchev–Trinajstić information content (AvgIpc) is 3.37. The number of hydrogen-bond donors (Lipinski definition) is 0. The van der Waals surface area contributed by atoms with Crippen LogP contribution in [-0.4, -0.2) is 3.21 Å². The van der Waals surface area contributed by atoms with Crippen molar-refractivity contribution in [2.24, 2.45) is 11.3 Å². The molecule has 0 aromatic heterocycles. The number of benzene rings is 2. The van der Waals surface area contributed by atoms with Crippen molar-refractivity contribution in [1.82, 2.24) is 0 Å². The van der Waals surface area contributed by atoms with Crippen LogP contribution in [0.3, 0.4) is 0 Å². The van der Waals surface area contributed by atoms with E-state index in [1.54, 1.807) is 27.4 Å². The molecular formula is C38H52Cl2Zr-2. The SMILES string of the molecule is CC(C)(C)c1ccc2[cH-]c3ccc(C(C)(C)C)cc3c2c1.CC1=[C-]C(C)C=C1C(C)(C)C.[Cl-].[Cl-].[Zr+2]=[C]1CCCCC1. The first kappa shape index (κ1) is 38.1. The molecule has 1 fully saturated rings. The van der Waals surface area contributed by atoms with Gasteiger partial charge in [0.25, 0.3) is 0 Å². The van der Waals surface area contributed by atoms with Gasteiger partial charge < -0.3 is 24.8 Å². The first-order valence-electron chi connectivity index (χ1n) is 15.0. The van der Waals surface area contributed by atoms with Crippen molar-refractivity contribution in [3.05, 3.63) is 76.9 Å². The van der Waals surface area contributed by atoms with Gasteiger partial charge in [0, 0.05) is 0 Å². The Balaban J connectivity index is 0.000000353. The van der Waals surface area contributed by atoms with E-state index in [1.807, 2.05) is 0 Å². The third-order valence-corrected chi connectivity index (χ3v) is 9.20. The molecule has 1 saturated carbocycles. The average molecular weight is 671 g/mol. The predicted octanol–water partition coefficient (Wildman–Crippen LogP) is 5.34. The summed E-state index contributed by atoms with van der Waals surface area (Å²) < 4.78 is 1.80. The molecule has 2 aliphatic carbocycles. The molecule has 0 aliphatic heterocycles. The molecule has 3 aromatic rings. The Morgan fingerprint density at radius 2 is 1.15 bits per heavy atom. The standard InChI is InChI=1S/C21H25.C11H17.C6H10.2ClH.Zr/c1-20(2,3)16-9-7-14-11-15-8-10-17(21(4,5)6)13-19(15)18(14)12-16;1-8-6-9(2)10(7-8)11(3,4)5;1-2-4-6-5-3-1;;;/h7-13H,1-6H3;7-8H,1-5H3;1-5H2;2*1H;/q2*-1;;;;+2/p-2. The van der Waals surface area contributed by atoms with Crippen molar-refractivity contribution in [1.29, 1.82) is 0 Å². The van der Waals surface area contributed by atoms with Gasteiger partial charge in [-0.25, -0.2) is 5.57 Å². The number of allylic oxidation sites excluding steroid dienone is 4. The van der Waals surface area contributed by atoms with E-state index in [0.717, 1.165) is 0 Å². The summed E-state index contributed by atoms with van der Waals surface area (Å²) in [7, 11) is 0. The van der Waals surface area contributed by atoms with Crippen molar-refractivity contribution < 1.29 is 49.0 Å². The van der Waals surface area contributed by atoms with Crippen molar-refractivity contribution in [3.8, 4) is 0 Å². The summed E-state index contributed by atoms with van der Waals surface area (Å²) in [5, 5.41) is 5.49. The maximum atomic E-state index is 3.40. The van der Waals surface area contributed by atoms with Crippen molar-refractivity contribution >= 4 is 24.8 Å². The van der Waals surface area contributed by atoms with Crippen LogP contribution in [0.1, 0.15) is 119 Å². The molecule has 0 nitrogen and oxygen atoms in total. The van der Waals surface area contributed by atoms with Gasteiger partial charge in [0.05, 0.1) is 0 Å². The van der Waals surface area contributed by atoms with Crippen LogP contribution in [0, 0.1) is 17.4 Å². The molecule has 41 heavy (non-hydrogen) atoms. The van der Waals surface area contributed by atoms with E-state index in [1.165, 1.54) is 75.9 Å². The van der Waals surface area contributed by atoms with E-state index in [0.29, 0.717) is 11.3 Å². The Kier molecular flexibility index (Phi) is 14.2. The van der Waals surface area contributed by atoms with Crippen LogP contribution in [0.5, 0.6) is 0 Å². The van der Waals surface area contributed by atoms with Gasteiger partial charge in [0.1, 0.15) is 0 Å². The van der Waals surface area contributed by atoms with Crippen molar-refractivity contribution in [2.75, 3.05) is 0 Å². The van der Waals surface area contributed by atoms with Gasteiger partial charge in [-0.1, -0.05) is 123 Å². The quantitative estimate of drug-likeness (QED) is 0.284. The summed E-state index contributed by atoms with van der Waals surface area (Å²) >= 11 is 1.69. The zero-order valence-electron chi connectivity index (χ0n) is 27.5. The van der Waals surface area contributed by atoms with Crippen LogP contribution in [-0.2, 0) is 35.1 Å². The number of halogens is 2. The summed E-state index contributed by atoms with van der Waals surface area (Å²) in [6.45, 7) is 24.8. The molecule has 0 radical (unpaired) electrons. The van der Waals surface area contributed by atoms with Crippen LogP contribution in [0.2, 0.25) is 0 Å². The monoisotopic (exact) mass is 668 g/mol. The fourth-order valence-electron chi connectivity index (χ4n) is 5.56. The van der Waals surface area contributed by atoms with Crippen LogP contribution >= 0.6 is 0 Å². The number of fused-ring (bicyclic) bond motifs is 3. The summed E-state index contributed by atoms with van der Waals surface area (Å²) in [6, 6.07) is 16.1. The zero-order valence-corrected chi connectivity index (χ0v) is 31.5.